The summed E-state index contributed by atoms with van der Waals surface area (Å²) in [6, 6.07) is 23.6. The maximum absolute atomic E-state index is 13.1. The second kappa shape index (κ2) is 9.84. The number of rotatable bonds is 8. The molecule has 0 atom stereocenters. The van der Waals surface area contributed by atoms with Crippen molar-refractivity contribution in [2.45, 2.75) is 19.3 Å². The van der Waals surface area contributed by atoms with E-state index in [1.807, 2.05) is 18.2 Å². The van der Waals surface area contributed by atoms with Crippen LogP contribution in [0.15, 0.2) is 82.0 Å². The van der Waals surface area contributed by atoms with Crippen LogP contribution in [-0.4, -0.2) is 12.4 Å². The molecule has 1 heterocycles. The van der Waals surface area contributed by atoms with E-state index in [0.29, 0.717) is 17.9 Å². The van der Waals surface area contributed by atoms with Crippen molar-refractivity contribution in [2.24, 2.45) is 0 Å². The second-order valence-corrected chi connectivity index (χ2v) is 7.61. The van der Waals surface area contributed by atoms with Crippen molar-refractivity contribution in [1.29, 1.82) is 5.26 Å². The number of nitrogen functional groups attached to an aromatic ring is 1. The van der Waals surface area contributed by atoms with Gasteiger partial charge >= 0.3 is 0 Å². The third kappa shape index (κ3) is 4.78. The molecule has 0 saturated carbocycles. The van der Waals surface area contributed by atoms with Gasteiger partial charge in [-0.1, -0.05) is 36.4 Å². The molecule has 6 heteroatoms. The van der Waals surface area contributed by atoms with Gasteiger partial charge in [-0.05, 0) is 61.2 Å². The van der Waals surface area contributed by atoms with Crippen LogP contribution >= 0.6 is 0 Å². The number of carbonyl (C=O) groups excluding carboxylic acids is 1. The SMILES string of the molecule is N#Cc1oc2c(C(=O)c3ccc(OCCCCc4ccccc4)cc3)cccc2c(=O)c1N. The largest absolute Gasteiger partial charge is 0.494 e. The Morgan fingerprint density at radius 2 is 1.73 bits per heavy atom. The molecule has 0 radical (unpaired) electrons. The maximum atomic E-state index is 13.1. The Bertz CT molecular complexity index is 1380. The van der Waals surface area contributed by atoms with Gasteiger partial charge in [0.05, 0.1) is 17.6 Å². The highest BCUT2D eigenvalue weighted by atomic mass is 16.5. The Hall–Kier alpha value is -4.37. The first kappa shape index (κ1) is 21.8. The van der Waals surface area contributed by atoms with Gasteiger partial charge in [0.25, 0.3) is 0 Å². The summed E-state index contributed by atoms with van der Waals surface area (Å²) in [5.41, 5.74) is 6.85. The molecule has 2 N–H and O–H groups in total. The van der Waals surface area contributed by atoms with Crippen molar-refractivity contribution in [3.63, 3.8) is 0 Å². The molecule has 4 rings (SSSR count). The van der Waals surface area contributed by atoms with Gasteiger partial charge < -0.3 is 14.9 Å². The van der Waals surface area contributed by atoms with Gasteiger partial charge in [0.2, 0.25) is 11.2 Å². The first-order valence-electron chi connectivity index (χ1n) is 10.7. The quantitative estimate of drug-likeness (QED) is 0.310. The summed E-state index contributed by atoms with van der Waals surface area (Å²) in [5, 5.41) is 9.34. The number of aryl methyl sites for hydroxylation is 1. The summed E-state index contributed by atoms with van der Waals surface area (Å²) < 4.78 is 11.3. The number of benzene rings is 3. The number of hydrogen-bond acceptors (Lipinski definition) is 6. The Morgan fingerprint density at radius 1 is 0.970 bits per heavy atom. The minimum Gasteiger partial charge on any atom is -0.494 e. The summed E-state index contributed by atoms with van der Waals surface area (Å²) in [7, 11) is 0. The van der Waals surface area contributed by atoms with Gasteiger partial charge in [0, 0.05) is 5.56 Å². The number of nitriles is 1. The predicted octanol–water partition coefficient (Wildman–Crippen LogP) is 4.88. The zero-order valence-electron chi connectivity index (χ0n) is 17.9. The van der Waals surface area contributed by atoms with Gasteiger partial charge in [0.15, 0.2) is 11.4 Å². The van der Waals surface area contributed by atoms with Gasteiger partial charge in [0.1, 0.15) is 17.5 Å². The third-order valence-corrected chi connectivity index (χ3v) is 5.39. The number of hydrogen-bond donors (Lipinski definition) is 1. The third-order valence-electron chi connectivity index (χ3n) is 5.39. The van der Waals surface area contributed by atoms with E-state index in [1.165, 1.54) is 11.6 Å². The first-order chi connectivity index (χ1) is 16.1. The van der Waals surface area contributed by atoms with Crippen molar-refractivity contribution >= 4 is 22.4 Å². The van der Waals surface area contributed by atoms with E-state index in [2.05, 4.69) is 12.1 Å². The lowest BCUT2D eigenvalue weighted by molar-refractivity contribution is 0.103. The molecule has 0 aliphatic rings. The molecule has 0 aliphatic heterocycles. The van der Waals surface area contributed by atoms with E-state index >= 15 is 0 Å². The van der Waals surface area contributed by atoms with Gasteiger partial charge in [-0.2, -0.15) is 5.26 Å². The standard InChI is InChI=1S/C27H22N2O4/c28-17-23-24(29)26(31)22-11-6-10-21(27(22)33-23)25(30)19-12-14-20(15-13-19)32-16-5-4-9-18-7-2-1-3-8-18/h1-3,6-8,10-15H,4-5,9,16,29H2. The molecule has 0 aliphatic carbocycles. The molecule has 33 heavy (non-hydrogen) atoms. The van der Waals surface area contributed by atoms with Crippen LogP contribution in [0.4, 0.5) is 5.69 Å². The fourth-order valence-corrected chi connectivity index (χ4v) is 3.62. The Morgan fingerprint density at radius 3 is 2.45 bits per heavy atom. The number of ketones is 1. The number of fused-ring (bicyclic) bond motifs is 1. The zero-order chi connectivity index (χ0) is 23.2. The Kier molecular flexibility index (Phi) is 6.51. The minimum absolute atomic E-state index is 0.0528. The molecule has 0 amide bonds. The van der Waals surface area contributed by atoms with E-state index in [4.69, 9.17) is 14.9 Å². The number of nitrogens with two attached hydrogens (primary N) is 1. The van der Waals surface area contributed by atoms with Crippen molar-refractivity contribution in [3.8, 4) is 11.8 Å². The van der Waals surface area contributed by atoms with Crippen LogP contribution in [-0.2, 0) is 6.42 Å². The van der Waals surface area contributed by atoms with Crippen LogP contribution in [0.25, 0.3) is 11.0 Å². The van der Waals surface area contributed by atoms with Crippen molar-refractivity contribution < 1.29 is 13.9 Å². The van der Waals surface area contributed by atoms with Crippen LogP contribution in [0.5, 0.6) is 5.75 Å². The smallest absolute Gasteiger partial charge is 0.230 e. The highest BCUT2D eigenvalue weighted by molar-refractivity contribution is 6.15. The summed E-state index contributed by atoms with van der Waals surface area (Å²) in [5.74, 6) is 0.0471. The van der Waals surface area contributed by atoms with Crippen molar-refractivity contribution in [2.75, 3.05) is 12.3 Å². The topological polar surface area (TPSA) is 106 Å². The van der Waals surface area contributed by atoms with E-state index in [1.54, 1.807) is 42.5 Å². The maximum Gasteiger partial charge on any atom is 0.230 e. The van der Waals surface area contributed by atoms with Crippen LogP contribution in [0.3, 0.4) is 0 Å². The number of para-hydroxylation sites is 1. The second-order valence-electron chi connectivity index (χ2n) is 7.61. The molecule has 6 nitrogen and oxygen atoms in total. The molecular weight excluding hydrogens is 416 g/mol. The van der Waals surface area contributed by atoms with E-state index in [-0.39, 0.29) is 33.8 Å². The van der Waals surface area contributed by atoms with E-state index in [9.17, 15) is 14.9 Å². The Balaban J connectivity index is 1.43. The lowest BCUT2D eigenvalue weighted by Crippen LogP contribution is -2.12. The van der Waals surface area contributed by atoms with E-state index < -0.39 is 5.43 Å². The lowest BCUT2D eigenvalue weighted by atomic mass is 10.0. The monoisotopic (exact) mass is 438 g/mol. The fourth-order valence-electron chi connectivity index (χ4n) is 3.62. The molecule has 0 unspecified atom stereocenters. The molecule has 0 spiro atoms. The normalized spacial score (nSPS) is 10.6. The zero-order valence-corrected chi connectivity index (χ0v) is 17.9. The van der Waals surface area contributed by atoms with Crippen molar-refractivity contribution in [3.05, 3.63) is 105 Å². The summed E-state index contributed by atoms with van der Waals surface area (Å²) >= 11 is 0. The molecular formula is C27H22N2O4. The van der Waals surface area contributed by atoms with Gasteiger partial charge in [-0.3, -0.25) is 9.59 Å². The molecule has 164 valence electrons. The van der Waals surface area contributed by atoms with Gasteiger partial charge in [-0.15, -0.1) is 0 Å². The van der Waals surface area contributed by atoms with Crippen molar-refractivity contribution in [1.82, 2.24) is 0 Å². The number of nitrogens with zero attached hydrogens (tertiary/aromatic N) is 1. The average molecular weight is 438 g/mol. The number of ether oxygens (including phenoxy) is 1. The molecule has 0 saturated heterocycles. The highest BCUT2D eigenvalue weighted by Gasteiger charge is 2.19. The van der Waals surface area contributed by atoms with Crippen LogP contribution < -0.4 is 15.9 Å². The number of unbranched alkanes of at least 4 members (excludes halogenated alkanes) is 1. The molecule has 1 aromatic heterocycles. The summed E-state index contributed by atoms with van der Waals surface area (Å²) in [4.78, 5) is 25.5. The fraction of sp³-hybridized carbons (Fsp3) is 0.148. The molecule has 3 aromatic carbocycles. The Labute approximate surface area is 190 Å². The van der Waals surface area contributed by atoms with Crippen LogP contribution in [0.2, 0.25) is 0 Å². The van der Waals surface area contributed by atoms with Gasteiger partial charge in [-0.25, -0.2) is 0 Å². The molecule has 0 bridgehead atoms. The highest BCUT2D eigenvalue weighted by Crippen LogP contribution is 2.24. The van der Waals surface area contributed by atoms with E-state index in [0.717, 1.165) is 19.3 Å². The number of carbonyl (C=O) groups is 1. The predicted molar refractivity (Wildman–Crippen MR) is 126 cm³/mol. The first-order valence-corrected chi connectivity index (χ1v) is 10.7. The summed E-state index contributed by atoms with van der Waals surface area (Å²) in [6.07, 6.45) is 2.97. The number of anilines is 1. The van der Waals surface area contributed by atoms with Crippen LogP contribution in [0, 0.1) is 11.3 Å². The lowest BCUT2D eigenvalue weighted by Gasteiger charge is -2.09. The molecule has 4 aromatic rings. The summed E-state index contributed by atoms with van der Waals surface area (Å²) in [6.45, 7) is 0.590. The molecule has 0 fully saturated rings. The average Bonchev–Trinajstić information content (AvgIpc) is 2.86. The minimum atomic E-state index is -0.529. The van der Waals surface area contributed by atoms with Crippen LogP contribution in [0.1, 0.15) is 40.1 Å².